The van der Waals surface area contributed by atoms with Crippen LogP contribution in [-0.4, -0.2) is 63.0 Å². The Labute approximate surface area is 232 Å². The Hall–Kier alpha value is -3.44. The molecule has 208 valence electrons. The molecule has 2 aliphatic heterocycles. The summed E-state index contributed by atoms with van der Waals surface area (Å²) in [6.45, 7) is 5.04. The highest BCUT2D eigenvalue weighted by atomic mass is 35.5. The Balaban J connectivity index is 0.00000370. The van der Waals surface area contributed by atoms with E-state index in [4.69, 9.17) is 11.6 Å². The lowest BCUT2D eigenvalue weighted by atomic mass is 10.00. The van der Waals surface area contributed by atoms with Crippen LogP contribution in [0, 0.1) is 11.6 Å². The fraction of sp³-hybridized carbons (Fsp3) is 0.333. The first-order valence-corrected chi connectivity index (χ1v) is 14.5. The molecule has 1 N–H and O–H groups in total. The predicted molar refractivity (Wildman–Crippen MR) is 149 cm³/mol. The number of rotatable bonds is 6. The van der Waals surface area contributed by atoms with E-state index in [1.807, 2.05) is 34.7 Å². The third-order valence-electron chi connectivity index (χ3n) is 7.16. The van der Waals surface area contributed by atoms with Crippen LogP contribution >= 0.6 is 11.6 Å². The summed E-state index contributed by atoms with van der Waals surface area (Å²) in [6.07, 6.45) is 2.65. The largest absolute Gasteiger partial charge is 0.368 e. The highest BCUT2D eigenvalue weighted by Gasteiger charge is 2.31. The zero-order chi connectivity index (χ0) is 27.7. The van der Waals surface area contributed by atoms with Crippen LogP contribution in [0.4, 0.5) is 26.0 Å². The molecule has 3 heterocycles. The van der Waals surface area contributed by atoms with Crippen LogP contribution in [0.3, 0.4) is 0 Å². The minimum atomic E-state index is -4.12. The standard InChI is InChI=1S/C27H28ClF2N5O3S.H2/c1-18(35-10-2-3-19-15-20(28)4-9-25(19)35)27(36)34-13-11-33(12-14-34)22-5-7-23(8-6-22)39(37,38)32-26-24(30)16-21(29)17-31-26;/h4-9,15-18H,2-3,10-14H2,1H3,(H,31,32);1H/t18-;/m1./s1. The number of sulfonamides is 1. The Morgan fingerprint density at radius 2 is 1.77 bits per heavy atom. The van der Waals surface area contributed by atoms with Crippen molar-refractivity contribution in [2.45, 2.75) is 30.7 Å². The van der Waals surface area contributed by atoms with Gasteiger partial charge in [0.25, 0.3) is 10.0 Å². The van der Waals surface area contributed by atoms with Crippen molar-refractivity contribution in [1.82, 2.24) is 9.88 Å². The number of hydrogen-bond acceptors (Lipinski definition) is 6. The number of nitrogens with zero attached hydrogens (tertiary/aromatic N) is 4. The molecule has 3 aromatic rings. The topological polar surface area (TPSA) is 85.8 Å². The van der Waals surface area contributed by atoms with Crippen LogP contribution in [-0.2, 0) is 21.2 Å². The fourth-order valence-corrected chi connectivity index (χ4v) is 6.30. The maximum absolute atomic E-state index is 13.9. The van der Waals surface area contributed by atoms with Gasteiger partial charge in [0.05, 0.1) is 11.1 Å². The first-order valence-electron chi connectivity index (χ1n) is 12.6. The van der Waals surface area contributed by atoms with Gasteiger partial charge in [0.2, 0.25) is 5.91 Å². The third-order valence-corrected chi connectivity index (χ3v) is 8.75. The molecule has 2 aliphatic rings. The molecule has 1 amide bonds. The SMILES string of the molecule is C[C@H](C(=O)N1CCN(c2ccc(S(=O)(=O)Nc3ncc(F)cc3F)cc2)CC1)N1CCCc2cc(Cl)ccc21.[HH]. The minimum Gasteiger partial charge on any atom is -0.368 e. The van der Waals surface area contributed by atoms with Gasteiger partial charge in [0, 0.05) is 56.6 Å². The van der Waals surface area contributed by atoms with E-state index in [-0.39, 0.29) is 18.3 Å². The van der Waals surface area contributed by atoms with Crippen molar-refractivity contribution < 1.29 is 23.4 Å². The van der Waals surface area contributed by atoms with E-state index in [1.165, 1.54) is 12.1 Å². The lowest BCUT2D eigenvalue weighted by Gasteiger charge is -2.41. The van der Waals surface area contributed by atoms with Crippen LogP contribution in [0.25, 0.3) is 0 Å². The van der Waals surface area contributed by atoms with E-state index in [0.717, 1.165) is 42.5 Å². The first kappa shape index (κ1) is 27.1. The second kappa shape index (κ2) is 11.0. The molecular formula is C27H30ClF2N5O3S. The Morgan fingerprint density at radius 3 is 2.46 bits per heavy atom. The van der Waals surface area contributed by atoms with Crippen LogP contribution in [0.1, 0.15) is 20.3 Å². The minimum absolute atomic E-state index is 0. The molecule has 12 heteroatoms. The monoisotopic (exact) mass is 577 g/mol. The number of benzene rings is 2. The highest BCUT2D eigenvalue weighted by molar-refractivity contribution is 7.92. The van der Waals surface area contributed by atoms with Crippen LogP contribution in [0.15, 0.2) is 59.6 Å². The number of halogens is 3. The van der Waals surface area contributed by atoms with E-state index in [1.54, 1.807) is 12.1 Å². The van der Waals surface area contributed by atoms with Gasteiger partial charge >= 0.3 is 0 Å². The number of fused-ring (bicyclic) bond motifs is 1. The number of anilines is 3. The number of carbonyl (C=O) groups excluding carboxylic acids is 1. The maximum Gasteiger partial charge on any atom is 0.263 e. The van der Waals surface area contributed by atoms with Gasteiger partial charge in [0.15, 0.2) is 11.6 Å². The van der Waals surface area contributed by atoms with Gasteiger partial charge in [-0.3, -0.25) is 9.52 Å². The van der Waals surface area contributed by atoms with Crippen molar-refractivity contribution in [2.24, 2.45) is 0 Å². The molecule has 0 saturated carbocycles. The second-order valence-electron chi connectivity index (χ2n) is 9.64. The number of nitrogens with one attached hydrogen (secondary N) is 1. The predicted octanol–water partition coefficient (Wildman–Crippen LogP) is 4.55. The van der Waals surface area contributed by atoms with E-state index in [9.17, 15) is 22.0 Å². The third kappa shape index (κ3) is 5.79. The molecule has 5 rings (SSSR count). The fourth-order valence-electron chi connectivity index (χ4n) is 5.09. The summed E-state index contributed by atoms with van der Waals surface area (Å²) < 4.78 is 54.3. The average molecular weight is 578 g/mol. The molecule has 1 fully saturated rings. The number of pyridine rings is 1. The number of amides is 1. The van der Waals surface area contributed by atoms with Crippen molar-refractivity contribution in [3.05, 3.63) is 76.9 Å². The average Bonchev–Trinajstić information content (AvgIpc) is 2.93. The first-order chi connectivity index (χ1) is 18.6. The summed E-state index contributed by atoms with van der Waals surface area (Å²) >= 11 is 6.17. The summed E-state index contributed by atoms with van der Waals surface area (Å²) in [5.74, 6) is -2.51. The molecule has 0 unspecified atom stereocenters. The molecule has 1 aromatic heterocycles. The molecule has 2 aromatic carbocycles. The lowest BCUT2D eigenvalue weighted by molar-refractivity contribution is -0.132. The van der Waals surface area contributed by atoms with Crippen LogP contribution in [0.5, 0.6) is 0 Å². The van der Waals surface area contributed by atoms with Gasteiger partial charge in [-0.2, -0.15) is 0 Å². The Kier molecular flexibility index (Phi) is 7.64. The summed E-state index contributed by atoms with van der Waals surface area (Å²) in [5.41, 5.74) is 3.03. The molecule has 0 aliphatic carbocycles. The normalized spacial score (nSPS) is 16.6. The smallest absolute Gasteiger partial charge is 0.263 e. The van der Waals surface area contributed by atoms with Crippen molar-refractivity contribution in [3.63, 3.8) is 0 Å². The molecule has 0 radical (unpaired) electrons. The highest BCUT2D eigenvalue weighted by Crippen LogP contribution is 2.31. The van der Waals surface area contributed by atoms with E-state index in [2.05, 4.69) is 14.8 Å². The molecular weight excluding hydrogens is 548 g/mol. The number of piperazine rings is 1. The summed E-state index contributed by atoms with van der Waals surface area (Å²) in [7, 11) is -4.12. The second-order valence-corrected chi connectivity index (χ2v) is 11.8. The van der Waals surface area contributed by atoms with E-state index in [0.29, 0.717) is 37.3 Å². The van der Waals surface area contributed by atoms with Gasteiger partial charge in [-0.25, -0.2) is 22.2 Å². The summed E-state index contributed by atoms with van der Waals surface area (Å²) in [4.78, 5) is 22.9. The van der Waals surface area contributed by atoms with Gasteiger partial charge in [-0.05, 0) is 67.8 Å². The van der Waals surface area contributed by atoms with Crippen molar-refractivity contribution >= 4 is 44.7 Å². The molecule has 0 spiro atoms. The van der Waals surface area contributed by atoms with Crippen molar-refractivity contribution in [1.29, 1.82) is 0 Å². The summed E-state index contributed by atoms with van der Waals surface area (Å²) in [5, 5.41) is 0.700. The molecule has 1 atom stereocenters. The van der Waals surface area contributed by atoms with Crippen molar-refractivity contribution in [3.8, 4) is 0 Å². The zero-order valence-corrected chi connectivity index (χ0v) is 22.9. The van der Waals surface area contributed by atoms with E-state index >= 15 is 0 Å². The number of aromatic nitrogens is 1. The van der Waals surface area contributed by atoms with Gasteiger partial charge < -0.3 is 14.7 Å². The van der Waals surface area contributed by atoms with Gasteiger partial charge in [0.1, 0.15) is 11.9 Å². The molecule has 8 nitrogen and oxygen atoms in total. The maximum atomic E-state index is 13.9. The van der Waals surface area contributed by atoms with Gasteiger partial charge in [-0.1, -0.05) is 11.6 Å². The molecule has 0 bridgehead atoms. The van der Waals surface area contributed by atoms with Crippen LogP contribution in [0.2, 0.25) is 5.02 Å². The zero-order valence-electron chi connectivity index (χ0n) is 21.3. The summed E-state index contributed by atoms with van der Waals surface area (Å²) in [6, 6.07) is 12.2. The van der Waals surface area contributed by atoms with E-state index < -0.39 is 27.5 Å². The molecule has 1 saturated heterocycles. The Morgan fingerprint density at radius 1 is 1.05 bits per heavy atom. The lowest BCUT2D eigenvalue weighted by Crippen LogP contribution is -2.55. The quantitative estimate of drug-likeness (QED) is 0.463. The number of aryl methyl sites for hydroxylation is 1. The van der Waals surface area contributed by atoms with Crippen LogP contribution < -0.4 is 14.5 Å². The number of hydrogen-bond donors (Lipinski definition) is 1. The number of carbonyl (C=O) groups is 1. The Bertz CT molecular complexity index is 1490. The van der Waals surface area contributed by atoms with Crippen molar-refractivity contribution in [2.75, 3.05) is 47.2 Å². The molecule has 39 heavy (non-hydrogen) atoms. The van der Waals surface area contributed by atoms with Gasteiger partial charge in [-0.15, -0.1) is 0 Å².